The molecule has 1 heteroatoms. The van der Waals surface area contributed by atoms with Crippen molar-refractivity contribution >= 4 is 10.8 Å². The Balaban J connectivity index is 1.95. The lowest BCUT2D eigenvalue weighted by atomic mass is 9.76. The molecule has 0 atom stereocenters. The Morgan fingerprint density at radius 1 is 0.812 bits per heavy atom. The van der Waals surface area contributed by atoms with Crippen LogP contribution in [0.25, 0.3) is 22.0 Å². The lowest BCUT2D eigenvalue weighted by Gasteiger charge is -2.28. The first-order chi connectivity index (χ1) is 15.0. The Labute approximate surface area is 195 Å². The summed E-state index contributed by atoms with van der Waals surface area (Å²) in [5.74, 6) is 0.740. The Morgan fingerprint density at radius 2 is 1.50 bits per heavy atom. The number of hydrogen-bond acceptors (Lipinski definition) is 0. The van der Waals surface area contributed by atoms with Gasteiger partial charge < -0.3 is 0 Å². The molecule has 1 fully saturated rings. The average molecular weight is 429 g/mol. The number of hydrogen-bond donors (Lipinski definition) is 0. The van der Waals surface area contributed by atoms with Gasteiger partial charge in [0.2, 0.25) is 5.69 Å². The van der Waals surface area contributed by atoms with E-state index in [0.29, 0.717) is 0 Å². The summed E-state index contributed by atoms with van der Waals surface area (Å²) in [5.41, 5.74) is 8.75. The van der Waals surface area contributed by atoms with Gasteiger partial charge >= 0.3 is 0 Å². The van der Waals surface area contributed by atoms with Crippen LogP contribution in [0.3, 0.4) is 0 Å². The maximum Gasteiger partial charge on any atom is 0.220 e. The minimum absolute atomic E-state index is 0.109. The van der Waals surface area contributed by atoms with Gasteiger partial charge in [0.25, 0.3) is 0 Å². The minimum atomic E-state index is 0.109. The number of nitrogens with zero attached hydrogens (tertiary/aromatic N) is 1. The third kappa shape index (κ3) is 4.36. The quantitative estimate of drug-likeness (QED) is 0.361. The van der Waals surface area contributed by atoms with Crippen LogP contribution in [-0.2, 0) is 17.9 Å². The normalized spacial score (nSPS) is 16.0. The predicted octanol–water partition coefficient (Wildman–Crippen LogP) is 8.28. The molecule has 0 aliphatic heterocycles. The molecule has 0 saturated heterocycles. The van der Waals surface area contributed by atoms with Crippen molar-refractivity contribution in [3.63, 3.8) is 0 Å². The highest BCUT2D eigenvalue weighted by molar-refractivity contribution is 5.94. The second-order valence-corrected chi connectivity index (χ2v) is 12.2. The van der Waals surface area contributed by atoms with E-state index in [0.717, 1.165) is 5.92 Å². The largest absolute Gasteiger partial charge is 0.220 e. The molecule has 1 aromatic heterocycles. The van der Waals surface area contributed by atoms with Gasteiger partial charge in [-0.2, -0.15) is 0 Å². The highest BCUT2D eigenvalue weighted by Crippen LogP contribution is 2.39. The van der Waals surface area contributed by atoms with Crippen LogP contribution in [-0.4, -0.2) is 0 Å². The summed E-state index contributed by atoms with van der Waals surface area (Å²) < 4.78 is 2.32. The molecule has 32 heavy (non-hydrogen) atoms. The van der Waals surface area contributed by atoms with Gasteiger partial charge in [0.1, 0.15) is 7.05 Å². The first kappa shape index (κ1) is 23.0. The van der Waals surface area contributed by atoms with Gasteiger partial charge in [-0.25, -0.2) is 4.57 Å². The zero-order valence-electron chi connectivity index (χ0n) is 21.6. The summed E-state index contributed by atoms with van der Waals surface area (Å²) in [6.45, 7) is 16.3. The number of aryl methyl sites for hydroxylation is 1. The molecule has 170 valence electrons. The molecular formula is C31H42N+. The van der Waals surface area contributed by atoms with Gasteiger partial charge in [-0.3, -0.25) is 0 Å². The first-order valence-corrected chi connectivity index (χ1v) is 12.5. The van der Waals surface area contributed by atoms with Crippen molar-refractivity contribution in [2.24, 2.45) is 7.05 Å². The monoisotopic (exact) mass is 428 g/mol. The van der Waals surface area contributed by atoms with Crippen LogP contribution < -0.4 is 4.57 Å². The van der Waals surface area contributed by atoms with Crippen LogP contribution in [0.4, 0.5) is 0 Å². The lowest BCUT2D eigenvalue weighted by molar-refractivity contribution is -0.659. The number of rotatable bonds is 2. The molecule has 0 N–H and O–H groups in total. The van der Waals surface area contributed by atoms with E-state index < -0.39 is 0 Å². The SMILES string of the molecule is Cc1c(-c2c3ccc(C4CCCCC4)cc3cc[n+]2C)cc(C(C)(C)C)cc1C(C)(C)C. The molecule has 1 saturated carbocycles. The molecule has 1 aliphatic carbocycles. The van der Waals surface area contributed by atoms with Crippen LogP contribution in [0.2, 0.25) is 0 Å². The van der Waals surface area contributed by atoms with Crippen molar-refractivity contribution in [3.8, 4) is 11.3 Å². The van der Waals surface area contributed by atoms with Crippen LogP contribution in [0.5, 0.6) is 0 Å². The lowest BCUT2D eigenvalue weighted by Crippen LogP contribution is -2.31. The molecule has 0 unspecified atom stereocenters. The Morgan fingerprint density at radius 3 is 2.12 bits per heavy atom. The summed E-state index contributed by atoms with van der Waals surface area (Å²) in [4.78, 5) is 0. The Kier molecular flexibility index (Phi) is 5.99. The maximum atomic E-state index is 2.47. The molecule has 1 aliphatic rings. The van der Waals surface area contributed by atoms with E-state index >= 15 is 0 Å². The molecule has 0 radical (unpaired) electrons. The second-order valence-electron chi connectivity index (χ2n) is 12.2. The van der Waals surface area contributed by atoms with Gasteiger partial charge in [0.05, 0.1) is 10.9 Å². The number of fused-ring (bicyclic) bond motifs is 1. The van der Waals surface area contributed by atoms with Gasteiger partial charge in [-0.05, 0) is 76.3 Å². The summed E-state index contributed by atoms with van der Waals surface area (Å²) in [6, 6.07) is 14.5. The van der Waals surface area contributed by atoms with E-state index in [1.807, 2.05) is 0 Å². The fourth-order valence-electron chi connectivity index (χ4n) is 5.59. The van der Waals surface area contributed by atoms with Crippen molar-refractivity contribution in [2.45, 2.75) is 97.3 Å². The van der Waals surface area contributed by atoms with Gasteiger partial charge in [0, 0.05) is 6.07 Å². The zero-order valence-corrected chi connectivity index (χ0v) is 21.6. The molecule has 2 aromatic carbocycles. The zero-order chi connectivity index (χ0) is 23.3. The molecule has 1 heterocycles. The summed E-state index contributed by atoms with van der Waals surface area (Å²) in [7, 11) is 2.20. The van der Waals surface area contributed by atoms with Crippen LogP contribution >= 0.6 is 0 Å². The van der Waals surface area contributed by atoms with Gasteiger partial charge in [-0.1, -0.05) is 79.0 Å². The predicted molar refractivity (Wildman–Crippen MR) is 139 cm³/mol. The third-order valence-corrected chi connectivity index (χ3v) is 7.57. The summed E-state index contributed by atoms with van der Waals surface area (Å²) >= 11 is 0. The van der Waals surface area contributed by atoms with Gasteiger partial charge in [-0.15, -0.1) is 0 Å². The molecular weight excluding hydrogens is 386 g/mol. The molecule has 1 nitrogen and oxygen atoms in total. The molecule has 0 spiro atoms. The summed E-state index contributed by atoms with van der Waals surface area (Å²) in [6.07, 6.45) is 9.12. The van der Waals surface area contributed by atoms with Crippen molar-refractivity contribution in [3.05, 3.63) is 64.8 Å². The Bertz CT molecular complexity index is 1130. The van der Waals surface area contributed by atoms with E-state index in [-0.39, 0.29) is 10.8 Å². The highest BCUT2D eigenvalue weighted by atomic mass is 14.9. The first-order valence-electron chi connectivity index (χ1n) is 12.5. The summed E-state index contributed by atoms with van der Waals surface area (Å²) in [5, 5.41) is 2.74. The highest BCUT2D eigenvalue weighted by Gasteiger charge is 2.27. The van der Waals surface area contributed by atoms with Crippen molar-refractivity contribution < 1.29 is 4.57 Å². The standard InChI is InChI=1S/C31H42N/c1-21-27(19-25(30(2,3)4)20-28(21)31(5,6)7)29-26-15-14-23(22-12-10-9-11-13-22)18-24(26)16-17-32(29)8/h14-20,22H,9-13H2,1-8H3/q+1. The fourth-order valence-corrected chi connectivity index (χ4v) is 5.59. The van der Waals surface area contributed by atoms with Crippen molar-refractivity contribution in [1.82, 2.24) is 0 Å². The minimum Gasteiger partial charge on any atom is -0.200 e. The van der Waals surface area contributed by atoms with E-state index in [2.05, 4.69) is 103 Å². The van der Waals surface area contributed by atoms with E-state index in [4.69, 9.17) is 0 Å². The maximum absolute atomic E-state index is 2.47. The van der Waals surface area contributed by atoms with Crippen molar-refractivity contribution in [2.75, 3.05) is 0 Å². The van der Waals surface area contributed by atoms with E-state index in [1.54, 1.807) is 0 Å². The third-order valence-electron chi connectivity index (χ3n) is 7.57. The average Bonchev–Trinajstić information content (AvgIpc) is 2.73. The second kappa shape index (κ2) is 8.32. The molecule has 3 aromatic rings. The smallest absolute Gasteiger partial charge is 0.200 e. The van der Waals surface area contributed by atoms with E-state index in [1.165, 1.54) is 76.4 Å². The van der Waals surface area contributed by atoms with Crippen molar-refractivity contribution in [1.29, 1.82) is 0 Å². The fraction of sp³-hybridized carbons (Fsp3) is 0.516. The van der Waals surface area contributed by atoms with Crippen LogP contribution in [0, 0.1) is 6.92 Å². The van der Waals surface area contributed by atoms with Crippen LogP contribution in [0.15, 0.2) is 42.6 Å². The number of pyridine rings is 1. The number of aromatic nitrogens is 1. The molecule has 0 bridgehead atoms. The Hall–Kier alpha value is -2.15. The van der Waals surface area contributed by atoms with Gasteiger partial charge in [0.15, 0.2) is 6.20 Å². The topological polar surface area (TPSA) is 3.88 Å². The van der Waals surface area contributed by atoms with E-state index in [9.17, 15) is 0 Å². The number of benzene rings is 2. The molecule has 0 amide bonds. The molecule has 4 rings (SSSR count). The van der Waals surface area contributed by atoms with Crippen LogP contribution in [0.1, 0.15) is 102 Å².